The standard InChI is InChI=1S/C6H5N5O6/c7-2-1-3(9(12)13)5(10(14)15)6(4(2)8)11(16)17/h1H,7-8H2. The fraction of sp³-hybridized carbons (Fsp3) is 0. The third-order valence-electron chi connectivity index (χ3n) is 1.89. The Morgan fingerprint density at radius 3 is 1.71 bits per heavy atom. The first-order chi connectivity index (χ1) is 7.77. The summed E-state index contributed by atoms with van der Waals surface area (Å²) in [5.41, 5.74) is 5.73. The monoisotopic (exact) mass is 243 g/mol. The quantitative estimate of drug-likeness (QED) is 0.438. The number of nitrogens with zero attached hydrogens (tertiary/aromatic N) is 3. The fourth-order valence-corrected chi connectivity index (χ4v) is 1.18. The highest BCUT2D eigenvalue weighted by Crippen LogP contribution is 2.43. The highest BCUT2D eigenvalue weighted by molar-refractivity contribution is 5.86. The summed E-state index contributed by atoms with van der Waals surface area (Å²) in [4.78, 5) is 28.2. The number of nitro benzene ring substituents is 3. The first-order valence-corrected chi connectivity index (χ1v) is 3.92. The summed E-state index contributed by atoms with van der Waals surface area (Å²) in [5.74, 6) is 0. The van der Waals surface area contributed by atoms with Crippen molar-refractivity contribution in [1.82, 2.24) is 0 Å². The lowest BCUT2D eigenvalue weighted by molar-refractivity contribution is -0.440. The van der Waals surface area contributed by atoms with Gasteiger partial charge in [0, 0.05) is 6.07 Å². The van der Waals surface area contributed by atoms with Gasteiger partial charge in [-0.05, 0) is 0 Å². The molecule has 11 nitrogen and oxygen atoms in total. The maximum absolute atomic E-state index is 10.6. The number of hydrogen-bond donors (Lipinski definition) is 2. The van der Waals surface area contributed by atoms with Crippen molar-refractivity contribution in [3.8, 4) is 0 Å². The van der Waals surface area contributed by atoms with E-state index < -0.39 is 43.2 Å². The van der Waals surface area contributed by atoms with Crippen LogP contribution in [0.3, 0.4) is 0 Å². The van der Waals surface area contributed by atoms with E-state index in [1.54, 1.807) is 0 Å². The number of nitro groups is 3. The van der Waals surface area contributed by atoms with Crippen molar-refractivity contribution in [3.63, 3.8) is 0 Å². The Morgan fingerprint density at radius 1 is 0.882 bits per heavy atom. The van der Waals surface area contributed by atoms with Gasteiger partial charge in [-0.3, -0.25) is 30.3 Å². The van der Waals surface area contributed by atoms with Gasteiger partial charge in [0.1, 0.15) is 5.69 Å². The van der Waals surface area contributed by atoms with Crippen LogP contribution in [0.1, 0.15) is 0 Å². The first kappa shape index (κ1) is 12.1. The van der Waals surface area contributed by atoms with E-state index in [1.807, 2.05) is 0 Å². The number of benzene rings is 1. The van der Waals surface area contributed by atoms with Crippen LogP contribution in [-0.2, 0) is 0 Å². The molecular formula is C6H5N5O6. The van der Waals surface area contributed by atoms with E-state index in [2.05, 4.69) is 0 Å². The minimum atomic E-state index is -1.29. The summed E-state index contributed by atoms with van der Waals surface area (Å²) in [6.07, 6.45) is 0. The summed E-state index contributed by atoms with van der Waals surface area (Å²) in [6.45, 7) is 0. The van der Waals surface area contributed by atoms with Crippen molar-refractivity contribution >= 4 is 28.4 Å². The van der Waals surface area contributed by atoms with Gasteiger partial charge in [-0.1, -0.05) is 0 Å². The second-order valence-electron chi connectivity index (χ2n) is 2.87. The van der Waals surface area contributed by atoms with E-state index in [1.165, 1.54) is 0 Å². The number of anilines is 2. The molecule has 0 radical (unpaired) electrons. The lowest BCUT2D eigenvalue weighted by atomic mass is 10.1. The zero-order valence-electron chi connectivity index (χ0n) is 8.02. The van der Waals surface area contributed by atoms with Crippen LogP contribution in [0.5, 0.6) is 0 Å². The molecule has 17 heavy (non-hydrogen) atoms. The molecule has 0 aliphatic heterocycles. The molecule has 0 saturated heterocycles. The first-order valence-electron chi connectivity index (χ1n) is 3.92. The average molecular weight is 243 g/mol. The zero-order valence-corrected chi connectivity index (χ0v) is 8.02. The van der Waals surface area contributed by atoms with Crippen LogP contribution in [0.2, 0.25) is 0 Å². The third-order valence-corrected chi connectivity index (χ3v) is 1.89. The van der Waals surface area contributed by atoms with Crippen LogP contribution >= 0.6 is 0 Å². The number of hydrogen-bond acceptors (Lipinski definition) is 8. The van der Waals surface area contributed by atoms with Gasteiger partial charge >= 0.3 is 17.1 Å². The fourth-order valence-electron chi connectivity index (χ4n) is 1.18. The smallest absolute Gasteiger partial charge is 0.397 e. The molecule has 0 heterocycles. The predicted octanol–water partition coefficient (Wildman–Crippen LogP) is 0.576. The molecule has 0 aromatic heterocycles. The summed E-state index contributed by atoms with van der Waals surface area (Å²) < 4.78 is 0. The van der Waals surface area contributed by atoms with Crippen LogP contribution in [-0.4, -0.2) is 14.8 Å². The van der Waals surface area contributed by atoms with Gasteiger partial charge in [0.15, 0.2) is 0 Å². The lowest BCUT2D eigenvalue weighted by Gasteiger charge is -2.02. The van der Waals surface area contributed by atoms with E-state index in [9.17, 15) is 30.3 Å². The second-order valence-corrected chi connectivity index (χ2v) is 2.87. The van der Waals surface area contributed by atoms with E-state index in [4.69, 9.17) is 11.5 Å². The molecule has 0 saturated carbocycles. The molecule has 0 amide bonds. The van der Waals surface area contributed by atoms with Crippen LogP contribution < -0.4 is 11.5 Å². The molecule has 0 aliphatic rings. The molecule has 11 heteroatoms. The maximum Gasteiger partial charge on any atom is 0.424 e. The van der Waals surface area contributed by atoms with E-state index in [-0.39, 0.29) is 0 Å². The Labute approximate surface area is 92.1 Å². The minimum absolute atomic E-state index is 0.464. The van der Waals surface area contributed by atoms with Gasteiger partial charge in [-0.2, -0.15) is 0 Å². The van der Waals surface area contributed by atoms with Crippen LogP contribution in [0.4, 0.5) is 28.4 Å². The van der Waals surface area contributed by atoms with E-state index in [0.717, 1.165) is 0 Å². The third kappa shape index (κ3) is 1.88. The van der Waals surface area contributed by atoms with Crippen LogP contribution in [0.15, 0.2) is 6.07 Å². The molecule has 1 aromatic rings. The van der Waals surface area contributed by atoms with Gasteiger partial charge < -0.3 is 11.5 Å². The van der Waals surface area contributed by atoms with Gasteiger partial charge in [-0.25, -0.2) is 0 Å². The van der Waals surface area contributed by atoms with Gasteiger partial charge in [0.25, 0.3) is 0 Å². The summed E-state index contributed by atoms with van der Waals surface area (Å²) in [6, 6.07) is 0.612. The van der Waals surface area contributed by atoms with E-state index >= 15 is 0 Å². The summed E-state index contributed by atoms with van der Waals surface area (Å²) >= 11 is 0. The maximum atomic E-state index is 10.6. The second kappa shape index (κ2) is 3.88. The Kier molecular flexibility index (Phi) is 2.76. The van der Waals surface area contributed by atoms with Gasteiger partial charge in [-0.15, -0.1) is 0 Å². The molecule has 1 rings (SSSR count). The molecule has 0 fully saturated rings. The molecule has 0 atom stereocenters. The Balaban J connectivity index is 3.83. The van der Waals surface area contributed by atoms with Crippen LogP contribution in [0, 0.1) is 30.3 Å². The predicted molar refractivity (Wildman–Crippen MR) is 55.2 cm³/mol. The molecule has 0 unspecified atom stereocenters. The Hall–Kier alpha value is -2.98. The average Bonchev–Trinajstić information content (AvgIpc) is 2.19. The summed E-state index contributed by atoms with van der Waals surface area (Å²) in [7, 11) is 0. The Morgan fingerprint density at radius 2 is 1.35 bits per heavy atom. The number of nitrogens with two attached hydrogens (primary N) is 2. The lowest BCUT2D eigenvalue weighted by Crippen LogP contribution is -2.07. The Bertz CT molecular complexity index is 540. The SMILES string of the molecule is Nc1cc([N+](=O)[O-])c([N+](=O)[O-])c([N+](=O)[O-])c1N. The normalized spacial score (nSPS) is 9.88. The van der Waals surface area contributed by atoms with Crippen molar-refractivity contribution in [1.29, 1.82) is 0 Å². The van der Waals surface area contributed by atoms with Crippen molar-refractivity contribution in [2.24, 2.45) is 0 Å². The molecule has 4 N–H and O–H groups in total. The van der Waals surface area contributed by atoms with Crippen molar-refractivity contribution in [2.45, 2.75) is 0 Å². The molecule has 0 spiro atoms. The molecular weight excluding hydrogens is 238 g/mol. The molecule has 90 valence electrons. The van der Waals surface area contributed by atoms with Crippen molar-refractivity contribution in [3.05, 3.63) is 36.4 Å². The topological polar surface area (TPSA) is 181 Å². The number of nitrogen functional groups attached to an aromatic ring is 2. The van der Waals surface area contributed by atoms with Gasteiger partial charge in [0.2, 0.25) is 0 Å². The number of rotatable bonds is 3. The van der Waals surface area contributed by atoms with Gasteiger partial charge in [0.05, 0.1) is 20.5 Å². The van der Waals surface area contributed by atoms with Crippen molar-refractivity contribution < 1.29 is 14.8 Å². The minimum Gasteiger partial charge on any atom is -0.397 e. The summed E-state index contributed by atoms with van der Waals surface area (Å²) in [5, 5.41) is 31.8. The van der Waals surface area contributed by atoms with Crippen molar-refractivity contribution in [2.75, 3.05) is 11.5 Å². The zero-order chi connectivity index (χ0) is 13.3. The highest BCUT2D eigenvalue weighted by atomic mass is 16.6. The van der Waals surface area contributed by atoms with E-state index in [0.29, 0.717) is 6.07 Å². The largest absolute Gasteiger partial charge is 0.424 e. The van der Waals surface area contributed by atoms with Crippen LogP contribution in [0.25, 0.3) is 0 Å². The highest BCUT2D eigenvalue weighted by Gasteiger charge is 2.39. The molecule has 1 aromatic carbocycles. The molecule has 0 bridgehead atoms. The molecule has 0 aliphatic carbocycles.